The second-order valence-electron chi connectivity index (χ2n) is 5.13. The molecular weight excluding hydrogens is 336 g/mol. The van der Waals surface area contributed by atoms with Gasteiger partial charge in [0, 0.05) is 12.5 Å². The number of esters is 2. The minimum atomic E-state index is -0.471. The zero-order valence-electron chi connectivity index (χ0n) is 15.9. The van der Waals surface area contributed by atoms with Gasteiger partial charge in [-0.1, -0.05) is 24.3 Å². The summed E-state index contributed by atoms with van der Waals surface area (Å²) in [5, 5.41) is 5.83. The van der Waals surface area contributed by atoms with Gasteiger partial charge in [0.25, 0.3) is 0 Å². The number of carbonyl (C=O) groups excluding carboxylic acids is 2. The van der Waals surface area contributed by atoms with Crippen molar-refractivity contribution < 1.29 is 23.8 Å². The Kier molecular flexibility index (Phi) is 8.91. The Balaban J connectivity index is 3.35. The number of allylic oxidation sites excluding steroid dienone is 1. The Morgan fingerprint density at radius 2 is 1.73 bits per heavy atom. The van der Waals surface area contributed by atoms with Gasteiger partial charge in [-0.25, -0.2) is 4.79 Å². The summed E-state index contributed by atoms with van der Waals surface area (Å²) in [6, 6.07) is 6.97. The number of ether oxygens (including phenoxy) is 3. The zero-order chi connectivity index (χ0) is 19.5. The number of methoxy groups -OCH3 is 1. The van der Waals surface area contributed by atoms with E-state index in [-0.39, 0.29) is 13.2 Å². The van der Waals surface area contributed by atoms with Gasteiger partial charge in [0.1, 0.15) is 6.54 Å². The minimum Gasteiger partial charge on any atom is -0.480 e. The Labute approximate surface area is 154 Å². The second-order valence-corrected chi connectivity index (χ2v) is 5.13. The van der Waals surface area contributed by atoms with E-state index < -0.39 is 11.9 Å². The van der Waals surface area contributed by atoms with Gasteiger partial charge in [-0.15, -0.1) is 5.10 Å². The lowest BCUT2D eigenvalue weighted by molar-refractivity contribution is -0.143. The van der Waals surface area contributed by atoms with Crippen LogP contribution in [0.25, 0.3) is 5.70 Å². The summed E-state index contributed by atoms with van der Waals surface area (Å²) in [5.41, 5.74) is 1.54. The Bertz CT molecular complexity index is 682. The van der Waals surface area contributed by atoms with Crippen LogP contribution >= 0.6 is 0 Å². The third-order valence-electron chi connectivity index (χ3n) is 3.36. The highest BCUT2D eigenvalue weighted by Gasteiger charge is 2.21. The van der Waals surface area contributed by atoms with Gasteiger partial charge in [-0.05, 0) is 26.8 Å². The molecule has 1 rings (SSSR count). The number of hydrogen-bond donors (Lipinski definition) is 0. The molecule has 0 fully saturated rings. The predicted molar refractivity (Wildman–Crippen MR) is 99.5 cm³/mol. The van der Waals surface area contributed by atoms with E-state index in [1.54, 1.807) is 51.1 Å². The standard InChI is InChI=1S/C19H26N2O5/c1-6-17(15-11-9-10-12-16(15)19(23)24-5)21(13-18(22)26-8-3)20-14(4)25-7-2/h6,9-12H,7-8,13H2,1-5H3/b17-6+,20-14+. The average molecular weight is 362 g/mol. The molecule has 0 aliphatic carbocycles. The first kappa shape index (κ1) is 21.2. The smallest absolute Gasteiger partial charge is 0.338 e. The lowest BCUT2D eigenvalue weighted by atomic mass is 10.0. The molecular formula is C19H26N2O5. The van der Waals surface area contributed by atoms with Crippen LogP contribution in [0.5, 0.6) is 0 Å². The summed E-state index contributed by atoms with van der Waals surface area (Å²) < 4.78 is 15.3. The zero-order valence-corrected chi connectivity index (χ0v) is 15.9. The SMILES string of the molecule is C/C=C(\c1ccccc1C(=O)OC)N(CC(=O)OCC)/N=C(\C)OCC. The monoisotopic (exact) mass is 362 g/mol. The second kappa shape index (κ2) is 10.9. The van der Waals surface area contributed by atoms with Crippen LogP contribution in [-0.4, -0.2) is 49.7 Å². The molecule has 0 heterocycles. The van der Waals surface area contributed by atoms with E-state index in [9.17, 15) is 9.59 Å². The van der Waals surface area contributed by atoms with Gasteiger partial charge in [0.2, 0.25) is 5.90 Å². The third kappa shape index (κ3) is 5.91. The summed E-state index contributed by atoms with van der Waals surface area (Å²) in [5.74, 6) is -0.510. The molecule has 0 saturated heterocycles. The van der Waals surface area contributed by atoms with Gasteiger partial charge >= 0.3 is 11.9 Å². The van der Waals surface area contributed by atoms with Gasteiger partial charge < -0.3 is 14.2 Å². The molecule has 0 bridgehead atoms. The van der Waals surface area contributed by atoms with Crippen molar-refractivity contribution in [2.24, 2.45) is 5.10 Å². The quantitative estimate of drug-likeness (QED) is 0.306. The average Bonchev–Trinajstić information content (AvgIpc) is 2.62. The molecule has 0 aliphatic rings. The van der Waals surface area contributed by atoms with E-state index in [0.717, 1.165) is 0 Å². The van der Waals surface area contributed by atoms with Crippen molar-refractivity contribution in [1.82, 2.24) is 5.01 Å². The van der Waals surface area contributed by atoms with E-state index in [0.29, 0.717) is 29.3 Å². The maximum Gasteiger partial charge on any atom is 0.338 e. The molecule has 142 valence electrons. The first-order valence-electron chi connectivity index (χ1n) is 8.43. The van der Waals surface area contributed by atoms with Crippen LogP contribution in [0.15, 0.2) is 35.4 Å². The van der Waals surface area contributed by atoms with Crippen LogP contribution in [0, 0.1) is 0 Å². The fourth-order valence-corrected chi connectivity index (χ4v) is 2.35. The molecule has 0 atom stereocenters. The third-order valence-corrected chi connectivity index (χ3v) is 3.36. The van der Waals surface area contributed by atoms with Crippen molar-refractivity contribution in [2.75, 3.05) is 26.9 Å². The molecule has 7 heteroatoms. The molecule has 0 N–H and O–H groups in total. The molecule has 26 heavy (non-hydrogen) atoms. The lowest BCUT2D eigenvalue weighted by Crippen LogP contribution is -2.28. The van der Waals surface area contributed by atoms with Gasteiger partial charge in [-0.3, -0.25) is 9.80 Å². The van der Waals surface area contributed by atoms with Gasteiger partial charge in [-0.2, -0.15) is 0 Å². The highest BCUT2D eigenvalue weighted by molar-refractivity contribution is 5.95. The van der Waals surface area contributed by atoms with E-state index in [2.05, 4.69) is 5.10 Å². The molecule has 0 saturated carbocycles. The number of hydrazone groups is 1. The molecule has 0 spiro atoms. The molecule has 1 aromatic carbocycles. The van der Waals surface area contributed by atoms with E-state index in [1.807, 2.05) is 6.92 Å². The fourth-order valence-electron chi connectivity index (χ4n) is 2.35. The summed E-state index contributed by atoms with van der Waals surface area (Å²) in [6.45, 7) is 7.68. The van der Waals surface area contributed by atoms with Crippen molar-refractivity contribution in [3.63, 3.8) is 0 Å². The Morgan fingerprint density at radius 1 is 1.12 bits per heavy atom. The van der Waals surface area contributed by atoms with Crippen LogP contribution in [0.3, 0.4) is 0 Å². The normalized spacial score (nSPS) is 11.7. The van der Waals surface area contributed by atoms with Crippen LogP contribution < -0.4 is 0 Å². The van der Waals surface area contributed by atoms with E-state index in [1.165, 1.54) is 12.1 Å². The fraction of sp³-hybridized carbons (Fsp3) is 0.421. The van der Waals surface area contributed by atoms with Crippen LogP contribution in [0.2, 0.25) is 0 Å². The van der Waals surface area contributed by atoms with Crippen molar-refractivity contribution >= 4 is 23.5 Å². The van der Waals surface area contributed by atoms with Crippen molar-refractivity contribution in [3.05, 3.63) is 41.5 Å². The topological polar surface area (TPSA) is 77.4 Å². The van der Waals surface area contributed by atoms with Crippen molar-refractivity contribution in [2.45, 2.75) is 27.7 Å². The van der Waals surface area contributed by atoms with Crippen LogP contribution in [-0.2, 0) is 19.0 Å². The summed E-state index contributed by atoms with van der Waals surface area (Å²) in [6.07, 6.45) is 1.77. The Hall–Kier alpha value is -2.83. The number of benzene rings is 1. The molecule has 0 unspecified atom stereocenters. The molecule has 1 aromatic rings. The first-order valence-corrected chi connectivity index (χ1v) is 8.43. The van der Waals surface area contributed by atoms with Gasteiger partial charge in [0.05, 0.1) is 31.6 Å². The maximum atomic E-state index is 12.1. The minimum absolute atomic E-state index is 0.118. The van der Waals surface area contributed by atoms with Crippen molar-refractivity contribution in [1.29, 1.82) is 0 Å². The van der Waals surface area contributed by atoms with Crippen LogP contribution in [0.1, 0.15) is 43.6 Å². The lowest BCUT2D eigenvalue weighted by Gasteiger charge is -2.23. The van der Waals surface area contributed by atoms with Gasteiger partial charge in [0.15, 0.2) is 0 Å². The summed E-state index contributed by atoms with van der Waals surface area (Å²) in [7, 11) is 1.32. The molecule has 0 aliphatic heterocycles. The summed E-state index contributed by atoms with van der Waals surface area (Å²) >= 11 is 0. The first-order chi connectivity index (χ1) is 12.5. The number of carbonyl (C=O) groups is 2. The highest BCUT2D eigenvalue weighted by atomic mass is 16.5. The number of nitrogens with zero attached hydrogens (tertiary/aromatic N) is 2. The molecule has 0 amide bonds. The van der Waals surface area contributed by atoms with Crippen molar-refractivity contribution in [3.8, 4) is 0 Å². The van der Waals surface area contributed by atoms with E-state index >= 15 is 0 Å². The van der Waals surface area contributed by atoms with E-state index in [4.69, 9.17) is 14.2 Å². The summed E-state index contributed by atoms with van der Waals surface area (Å²) in [4.78, 5) is 24.1. The molecule has 7 nitrogen and oxygen atoms in total. The number of hydrogen-bond acceptors (Lipinski definition) is 7. The predicted octanol–water partition coefficient (Wildman–Crippen LogP) is 3.07. The maximum absolute atomic E-state index is 12.1. The molecule has 0 aromatic heterocycles. The number of rotatable bonds is 8. The van der Waals surface area contributed by atoms with Crippen LogP contribution in [0.4, 0.5) is 0 Å². The molecule has 0 radical (unpaired) electrons. The highest BCUT2D eigenvalue weighted by Crippen LogP contribution is 2.24. The Morgan fingerprint density at radius 3 is 2.27 bits per heavy atom. The largest absolute Gasteiger partial charge is 0.480 e.